The van der Waals surface area contributed by atoms with Gasteiger partial charge in [0.1, 0.15) is 12.4 Å². The number of sulfonamides is 1. The van der Waals surface area contributed by atoms with Crippen molar-refractivity contribution in [3.63, 3.8) is 0 Å². The fraction of sp³-hybridized carbons (Fsp3) is 0.406. The fourth-order valence-electron chi connectivity index (χ4n) is 6.12. The Morgan fingerprint density at radius 3 is 2.37 bits per heavy atom. The number of fused-ring (bicyclic) bond motifs is 4. The van der Waals surface area contributed by atoms with Gasteiger partial charge < -0.3 is 19.9 Å². The lowest BCUT2D eigenvalue weighted by Crippen LogP contribution is -2.34. The lowest BCUT2D eigenvalue weighted by Gasteiger charge is -2.37. The van der Waals surface area contributed by atoms with Gasteiger partial charge in [-0.15, -0.1) is 0 Å². The molecule has 0 spiro atoms. The molecular weight excluding hydrogens is 540 g/mol. The van der Waals surface area contributed by atoms with E-state index >= 15 is 0 Å². The van der Waals surface area contributed by atoms with Crippen molar-refractivity contribution in [2.45, 2.75) is 66.7 Å². The normalized spacial score (nSPS) is 15.3. The molecular formula is C32H38N2O6S. The monoisotopic (exact) mass is 578 g/mol. The molecule has 0 saturated heterocycles. The number of carboxylic acids is 1. The van der Waals surface area contributed by atoms with Gasteiger partial charge in [0.15, 0.2) is 6.10 Å². The van der Waals surface area contributed by atoms with Crippen LogP contribution in [0.15, 0.2) is 30.3 Å². The Hall–Kier alpha value is -3.56. The SMILES string of the molecule is Cc1ccc2c(c1)-c1c(C)c(-c3ccc4c(c3C)NCCO4)c([C@H](OC(C)(C)C)C(=O)O)c(C)c1N(S(C)(=O)=O)C2. The molecule has 0 amide bonds. The van der Waals surface area contributed by atoms with Crippen molar-refractivity contribution >= 4 is 27.4 Å². The molecule has 0 fully saturated rings. The summed E-state index contributed by atoms with van der Waals surface area (Å²) in [7, 11) is -3.71. The summed E-state index contributed by atoms with van der Waals surface area (Å²) in [4.78, 5) is 12.9. The molecule has 0 bridgehead atoms. The van der Waals surface area contributed by atoms with Crippen LogP contribution in [-0.2, 0) is 26.1 Å². The van der Waals surface area contributed by atoms with Gasteiger partial charge in [-0.1, -0.05) is 29.8 Å². The molecule has 0 radical (unpaired) electrons. The molecule has 0 aromatic heterocycles. The quantitative estimate of drug-likeness (QED) is 0.367. The Morgan fingerprint density at radius 2 is 1.73 bits per heavy atom. The maximum Gasteiger partial charge on any atom is 0.337 e. The third-order valence-corrected chi connectivity index (χ3v) is 8.94. The van der Waals surface area contributed by atoms with Crippen molar-refractivity contribution in [3.8, 4) is 28.0 Å². The molecule has 2 aliphatic rings. The number of carbonyl (C=O) groups is 1. The van der Waals surface area contributed by atoms with Gasteiger partial charge in [-0.25, -0.2) is 13.2 Å². The predicted octanol–water partition coefficient (Wildman–Crippen LogP) is 6.28. The van der Waals surface area contributed by atoms with E-state index in [1.54, 1.807) is 0 Å². The van der Waals surface area contributed by atoms with E-state index in [1.165, 1.54) is 10.6 Å². The van der Waals surface area contributed by atoms with Gasteiger partial charge in [-0.3, -0.25) is 4.31 Å². The van der Waals surface area contributed by atoms with Crippen molar-refractivity contribution in [1.29, 1.82) is 0 Å². The highest BCUT2D eigenvalue weighted by Crippen LogP contribution is 2.53. The number of hydrogen-bond acceptors (Lipinski definition) is 6. The number of ether oxygens (including phenoxy) is 2. The molecule has 3 aromatic carbocycles. The van der Waals surface area contributed by atoms with Crippen LogP contribution in [0.1, 0.15) is 60.3 Å². The van der Waals surface area contributed by atoms with Crippen LogP contribution in [0, 0.1) is 27.7 Å². The fourth-order valence-corrected chi connectivity index (χ4v) is 7.06. The van der Waals surface area contributed by atoms with Gasteiger partial charge in [0.25, 0.3) is 0 Å². The summed E-state index contributed by atoms with van der Waals surface area (Å²) in [5.41, 5.74) is 8.59. The largest absolute Gasteiger partial charge is 0.490 e. The highest BCUT2D eigenvalue weighted by atomic mass is 32.2. The summed E-state index contributed by atoms with van der Waals surface area (Å²) >= 11 is 0. The number of anilines is 2. The van der Waals surface area contributed by atoms with Crippen molar-refractivity contribution in [3.05, 3.63) is 63.7 Å². The van der Waals surface area contributed by atoms with Gasteiger partial charge in [-0.05, 0) is 93.5 Å². The smallest absolute Gasteiger partial charge is 0.337 e. The predicted molar refractivity (Wildman–Crippen MR) is 162 cm³/mol. The molecule has 0 saturated carbocycles. The number of rotatable bonds is 5. The second kappa shape index (κ2) is 10.1. The minimum absolute atomic E-state index is 0.164. The number of aryl methyl sites for hydroxylation is 1. The standard InChI is InChI=1S/C32H38N2O6S/c1-17-9-10-21-16-34(41(8,37)38)29-20(4)27(30(31(35)36)40-32(5,6)7)25(19(3)26(29)23(21)15-17)22-11-12-24-28(18(22)2)33-13-14-39-24/h9-12,15,30,33H,13-14,16H2,1-8H3,(H,35,36)/t30-/m0/s1. The van der Waals surface area contributed by atoms with Crippen LogP contribution < -0.4 is 14.4 Å². The average molecular weight is 579 g/mol. The van der Waals surface area contributed by atoms with Crippen LogP contribution in [0.25, 0.3) is 22.3 Å². The first-order valence-electron chi connectivity index (χ1n) is 13.8. The van der Waals surface area contributed by atoms with Crippen molar-refractivity contribution in [2.24, 2.45) is 0 Å². The molecule has 9 heteroatoms. The lowest BCUT2D eigenvalue weighted by molar-refractivity contribution is -0.160. The van der Waals surface area contributed by atoms with Gasteiger partial charge in [0.2, 0.25) is 10.0 Å². The molecule has 8 nitrogen and oxygen atoms in total. The minimum atomic E-state index is -3.71. The average Bonchev–Trinajstić information content (AvgIpc) is 2.88. The van der Waals surface area contributed by atoms with Gasteiger partial charge in [-0.2, -0.15) is 0 Å². The third-order valence-electron chi connectivity index (χ3n) is 7.83. The molecule has 41 heavy (non-hydrogen) atoms. The lowest BCUT2D eigenvalue weighted by atomic mass is 9.79. The van der Waals surface area contributed by atoms with E-state index < -0.39 is 27.7 Å². The summed E-state index contributed by atoms with van der Waals surface area (Å²) in [6.45, 7) is 14.6. The molecule has 2 aliphatic heterocycles. The first-order chi connectivity index (χ1) is 19.1. The zero-order chi connectivity index (χ0) is 30.0. The Balaban J connectivity index is 1.97. The number of benzene rings is 3. The van der Waals surface area contributed by atoms with Crippen LogP contribution >= 0.6 is 0 Å². The van der Waals surface area contributed by atoms with Crippen molar-refractivity contribution in [1.82, 2.24) is 0 Å². The van der Waals surface area contributed by atoms with Gasteiger partial charge in [0.05, 0.1) is 29.8 Å². The second-order valence-corrected chi connectivity index (χ2v) is 13.9. The van der Waals surface area contributed by atoms with E-state index in [0.717, 1.165) is 55.9 Å². The Bertz CT molecular complexity index is 1690. The van der Waals surface area contributed by atoms with E-state index in [1.807, 2.05) is 72.7 Å². The zero-order valence-electron chi connectivity index (χ0n) is 24.9. The zero-order valence-corrected chi connectivity index (χ0v) is 25.7. The molecule has 218 valence electrons. The summed E-state index contributed by atoms with van der Waals surface area (Å²) in [5, 5.41) is 14.0. The molecule has 0 aliphatic carbocycles. The van der Waals surface area contributed by atoms with E-state index in [2.05, 4.69) is 11.4 Å². The van der Waals surface area contributed by atoms with E-state index in [-0.39, 0.29) is 6.54 Å². The molecule has 5 rings (SSSR count). The van der Waals surface area contributed by atoms with Crippen LogP contribution in [0.4, 0.5) is 11.4 Å². The van der Waals surface area contributed by atoms with Crippen LogP contribution in [0.2, 0.25) is 0 Å². The first-order valence-corrected chi connectivity index (χ1v) is 15.6. The first kappa shape index (κ1) is 29.0. The Kier molecular flexibility index (Phi) is 7.11. The topological polar surface area (TPSA) is 105 Å². The second-order valence-electron chi connectivity index (χ2n) is 12.0. The van der Waals surface area contributed by atoms with Crippen LogP contribution in [0.5, 0.6) is 5.75 Å². The number of aliphatic carboxylic acids is 1. The van der Waals surface area contributed by atoms with Crippen molar-refractivity contribution in [2.75, 3.05) is 29.0 Å². The number of nitrogens with one attached hydrogen (secondary N) is 1. The maximum absolute atomic E-state index is 13.3. The number of hydrogen-bond donors (Lipinski definition) is 2. The van der Waals surface area contributed by atoms with Gasteiger partial charge in [0, 0.05) is 17.7 Å². The summed E-state index contributed by atoms with van der Waals surface area (Å²) in [6.07, 6.45) is -0.147. The Morgan fingerprint density at radius 1 is 1.02 bits per heavy atom. The van der Waals surface area contributed by atoms with Crippen molar-refractivity contribution < 1.29 is 27.8 Å². The maximum atomic E-state index is 13.3. The van der Waals surface area contributed by atoms with Crippen LogP contribution in [0.3, 0.4) is 0 Å². The number of carboxylic acid groups (broad SMARTS) is 1. The minimum Gasteiger partial charge on any atom is -0.490 e. The summed E-state index contributed by atoms with van der Waals surface area (Å²) in [5.74, 6) is -0.394. The molecule has 1 atom stereocenters. The highest BCUT2D eigenvalue weighted by Gasteiger charge is 2.39. The summed E-state index contributed by atoms with van der Waals surface area (Å²) < 4.78 is 40.0. The molecule has 0 unspecified atom stereocenters. The molecule has 2 heterocycles. The summed E-state index contributed by atoms with van der Waals surface area (Å²) in [6, 6.07) is 9.91. The molecule has 2 N–H and O–H groups in total. The van der Waals surface area contributed by atoms with E-state index in [9.17, 15) is 18.3 Å². The van der Waals surface area contributed by atoms with Crippen LogP contribution in [-0.4, -0.2) is 44.5 Å². The van der Waals surface area contributed by atoms with E-state index in [4.69, 9.17) is 9.47 Å². The molecule has 3 aromatic rings. The van der Waals surface area contributed by atoms with Gasteiger partial charge >= 0.3 is 5.97 Å². The van der Waals surface area contributed by atoms with E-state index in [0.29, 0.717) is 30.0 Å². The third kappa shape index (κ3) is 5.06. The number of nitrogens with zero attached hydrogens (tertiary/aromatic N) is 1. The highest BCUT2D eigenvalue weighted by molar-refractivity contribution is 7.92. The Labute approximate surface area is 242 Å².